The number of nitrogens with zero attached hydrogens (tertiary/aromatic N) is 1. The molecule has 0 aliphatic heterocycles. The van der Waals surface area contributed by atoms with E-state index in [1.165, 1.54) is 11.3 Å². The van der Waals surface area contributed by atoms with E-state index < -0.39 is 0 Å². The molecule has 0 saturated carbocycles. The van der Waals surface area contributed by atoms with Crippen LogP contribution in [-0.4, -0.2) is 28.4 Å². The topological polar surface area (TPSA) is 42.0 Å². The third kappa shape index (κ3) is 3.22. The summed E-state index contributed by atoms with van der Waals surface area (Å²) in [4.78, 5) is 15.7. The Morgan fingerprint density at radius 2 is 2.25 bits per heavy atom. The maximum atomic E-state index is 11.7. The van der Waals surface area contributed by atoms with Crippen LogP contribution in [0.5, 0.6) is 0 Å². The Hall–Kier alpha value is -0.550. The fraction of sp³-hybridized carbons (Fsp3) is 0.636. The zero-order chi connectivity index (χ0) is 12.0. The third-order valence-corrected chi connectivity index (χ3v) is 5.13. The molecule has 1 heterocycles. The van der Waals surface area contributed by atoms with Crippen molar-refractivity contribution in [3.05, 3.63) is 16.6 Å². The van der Waals surface area contributed by atoms with Crippen molar-refractivity contribution in [2.24, 2.45) is 0 Å². The summed E-state index contributed by atoms with van der Waals surface area (Å²) in [5.41, 5.74) is 2.20. The van der Waals surface area contributed by atoms with Gasteiger partial charge in [0.1, 0.15) is 5.69 Å². The van der Waals surface area contributed by atoms with Gasteiger partial charge in [-0.2, -0.15) is 11.8 Å². The lowest BCUT2D eigenvalue weighted by Crippen LogP contribution is -2.39. The second kappa shape index (κ2) is 6.25. The highest BCUT2D eigenvalue weighted by Gasteiger charge is 2.25. The summed E-state index contributed by atoms with van der Waals surface area (Å²) in [5.74, 6) is -0.0680. The van der Waals surface area contributed by atoms with Gasteiger partial charge in [-0.1, -0.05) is 13.8 Å². The Kier molecular flexibility index (Phi) is 5.28. The molecule has 0 radical (unpaired) electrons. The van der Waals surface area contributed by atoms with E-state index in [1.54, 1.807) is 10.9 Å². The molecule has 1 amide bonds. The second-order valence-electron chi connectivity index (χ2n) is 3.65. The highest BCUT2D eigenvalue weighted by molar-refractivity contribution is 8.00. The average Bonchev–Trinajstić information content (AvgIpc) is 2.85. The highest BCUT2D eigenvalue weighted by Crippen LogP contribution is 2.29. The molecule has 90 valence electrons. The van der Waals surface area contributed by atoms with Crippen LogP contribution in [0.3, 0.4) is 0 Å². The lowest BCUT2D eigenvalue weighted by atomic mass is 10.0. The highest BCUT2D eigenvalue weighted by atomic mass is 32.2. The lowest BCUT2D eigenvalue weighted by Gasteiger charge is -2.29. The fourth-order valence-electron chi connectivity index (χ4n) is 1.52. The van der Waals surface area contributed by atoms with E-state index in [-0.39, 0.29) is 10.7 Å². The van der Waals surface area contributed by atoms with Crippen molar-refractivity contribution in [1.29, 1.82) is 0 Å². The summed E-state index contributed by atoms with van der Waals surface area (Å²) >= 11 is 3.27. The molecule has 1 aromatic rings. The van der Waals surface area contributed by atoms with E-state index in [0.717, 1.165) is 12.8 Å². The van der Waals surface area contributed by atoms with Gasteiger partial charge >= 0.3 is 0 Å². The molecule has 5 heteroatoms. The van der Waals surface area contributed by atoms with Gasteiger partial charge in [-0.3, -0.25) is 4.79 Å². The summed E-state index contributed by atoms with van der Waals surface area (Å²) in [6, 6.07) is 0. The number of rotatable bonds is 6. The standard InChI is InChI=1S/C11H18N2OS2/c1-4-11(5-2,15-3)7-12-10(14)9-6-16-8-13-9/h6,8H,4-5,7H2,1-3H3,(H,12,14). The number of thioether (sulfide) groups is 1. The van der Waals surface area contributed by atoms with E-state index in [0.29, 0.717) is 12.2 Å². The smallest absolute Gasteiger partial charge is 0.270 e. The van der Waals surface area contributed by atoms with Gasteiger partial charge in [0, 0.05) is 16.7 Å². The first-order valence-electron chi connectivity index (χ1n) is 5.39. The van der Waals surface area contributed by atoms with Gasteiger partial charge in [0.05, 0.1) is 5.51 Å². The van der Waals surface area contributed by atoms with Crippen molar-refractivity contribution in [2.45, 2.75) is 31.4 Å². The van der Waals surface area contributed by atoms with Crippen LogP contribution in [0.4, 0.5) is 0 Å². The number of amides is 1. The van der Waals surface area contributed by atoms with Crippen molar-refractivity contribution in [3.8, 4) is 0 Å². The first-order valence-corrected chi connectivity index (χ1v) is 7.55. The molecule has 0 aliphatic rings. The number of carbonyl (C=O) groups is 1. The SMILES string of the molecule is CCC(CC)(CNC(=O)c1cscn1)SC. The molecule has 0 saturated heterocycles. The predicted molar refractivity (Wildman–Crippen MR) is 71.3 cm³/mol. The van der Waals surface area contributed by atoms with E-state index in [2.05, 4.69) is 30.4 Å². The van der Waals surface area contributed by atoms with Gasteiger partial charge < -0.3 is 5.32 Å². The van der Waals surface area contributed by atoms with Gasteiger partial charge in [-0.25, -0.2) is 4.98 Å². The zero-order valence-corrected chi connectivity index (χ0v) is 11.6. The average molecular weight is 258 g/mol. The van der Waals surface area contributed by atoms with E-state index in [9.17, 15) is 4.79 Å². The molecule has 1 rings (SSSR count). The molecular formula is C11H18N2OS2. The lowest BCUT2D eigenvalue weighted by molar-refractivity contribution is 0.0944. The molecule has 3 nitrogen and oxygen atoms in total. The number of hydrogen-bond donors (Lipinski definition) is 1. The van der Waals surface area contributed by atoms with Crippen LogP contribution in [0.1, 0.15) is 37.2 Å². The number of carbonyl (C=O) groups excluding carboxylic acids is 1. The zero-order valence-electron chi connectivity index (χ0n) is 9.95. The van der Waals surface area contributed by atoms with Crippen LogP contribution in [0.15, 0.2) is 10.9 Å². The van der Waals surface area contributed by atoms with Crippen molar-refractivity contribution in [3.63, 3.8) is 0 Å². The Balaban J connectivity index is 2.53. The Bertz CT molecular complexity index is 312. The Morgan fingerprint density at radius 3 is 2.69 bits per heavy atom. The molecule has 0 atom stereocenters. The van der Waals surface area contributed by atoms with Crippen LogP contribution in [0.2, 0.25) is 0 Å². The first kappa shape index (κ1) is 13.5. The summed E-state index contributed by atoms with van der Waals surface area (Å²) in [6.45, 7) is 5.03. The van der Waals surface area contributed by atoms with Gasteiger partial charge in [-0.15, -0.1) is 11.3 Å². The maximum absolute atomic E-state index is 11.7. The number of thiazole rings is 1. The minimum atomic E-state index is -0.0680. The molecule has 0 aromatic carbocycles. The summed E-state index contributed by atoms with van der Waals surface area (Å²) in [7, 11) is 0. The number of hydrogen-bond acceptors (Lipinski definition) is 4. The van der Waals surface area contributed by atoms with Crippen LogP contribution >= 0.6 is 23.1 Å². The Labute approximate surface area is 105 Å². The molecule has 1 aromatic heterocycles. The van der Waals surface area contributed by atoms with Crippen LogP contribution < -0.4 is 5.32 Å². The molecular weight excluding hydrogens is 240 g/mol. The molecule has 0 aliphatic carbocycles. The first-order chi connectivity index (χ1) is 7.67. The molecule has 0 fully saturated rings. The molecule has 0 unspecified atom stereocenters. The van der Waals surface area contributed by atoms with Crippen LogP contribution in [-0.2, 0) is 0 Å². The van der Waals surface area contributed by atoms with E-state index in [1.807, 2.05) is 11.8 Å². The van der Waals surface area contributed by atoms with Crippen molar-refractivity contribution < 1.29 is 4.79 Å². The maximum Gasteiger partial charge on any atom is 0.270 e. The summed E-state index contributed by atoms with van der Waals surface area (Å²) in [5, 5.41) is 4.73. The van der Waals surface area contributed by atoms with Crippen molar-refractivity contribution >= 4 is 29.0 Å². The monoisotopic (exact) mass is 258 g/mol. The minimum Gasteiger partial charge on any atom is -0.349 e. The second-order valence-corrected chi connectivity index (χ2v) is 5.64. The predicted octanol–water partition coefficient (Wildman–Crippen LogP) is 2.79. The van der Waals surface area contributed by atoms with E-state index >= 15 is 0 Å². The van der Waals surface area contributed by atoms with Crippen molar-refractivity contribution in [2.75, 3.05) is 12.8 Å². The minimum absolute atomic E-state index is 0.0680. The van der Waals surface area contributed by atoms with Gasteiger partial charge in [-0.05, 0) is 19.1 Å². The number of nitrogens with one attached hydrogen (secondary N) is 1. The largest absolute Gasteiger partial charge is 0.349 e. The quantitative estimate of drug-likeness (QED) is 0.853. The molecule has 16 heavy (non-hydrogen) atoms. The summed E-state index contributed by atoms with van der Waals surface area (Å²) in [6.07, 6.45) is 4.21. The molecule has 0 bridgehead atoms. The van der Waals surface area contributed by atoms with Gasteiger partial charge in [0.15, 0.2) is 0 Å². The Morgan fingerprint density at radius 1 is 1.56 bits per heavy atom. The molecule has 1 N–H and O–H groups in total. The van der Waals surface area contributed by atoms with Gasteiger partial charge in [0.25, 0.3) is 5.91 Å². The molecule has 0 spiro atoms. The summed E-state index contributed by atoms with van der Waals surface area (Å²) < 4.78 is 0.158. The van der Waals surface area contributed by atoms with Crippen LogP contribution in [0.25, 0.3) is 0 Å². The fourth-order valence-corrected chi connectivity index (χ4v) is 2.84. The van der Waals surface area contributed by atoms with Gasteiger partial charge in [0.2, 0.25) is 0 Å². The van der Waals surface area contributed by atoms with Crippen molar-refractivity contribution in [1.82, 2.24) is 10.3 Å². The normalized spacial score (nSPS) is 11.4. The van der Waals surface area contributed by atoms with E-state index in [4.69, 9.17) is 0 Å². The number of aromatic nitrogens is 1. The van der Waals surface area contributed by atoms with Crippen LogP contribution in [0, 0.1) is 0 Å². The third-order valence-electron chi connectivity index (χ3n) is 2.96.